The van der Waals surface area contributed by atoms with E-state index in [0.717, 1.165) is 0 Å². The summed E-state index contributed by atoms with van der Waals surface area (Å²) >= 11 is 0. The van der Waals surface area contributed by atoms with E-state index in [0.29, 0.717) is 19.3 Å². The van der Waals surface area contributed by atoms with Crippen molar-refractivity contribution in [1.29, 1.82) is 0 Å². The Labute approximate surface area is 58.9 Å². The van der Waals surface area contributed by atoms with Crippen LogP contribution in [0, 0.1) is 5.92 Å². The predicted octanol–water partition coefficient (Wildman–Crippen LogP) is -0.436. The molecule has 0 aliphatic heterocycles. The van der Waals surface area contributed by atoms with Crippen LogP contribution in [-0.2, 0) is 9.63 Å². The number of aliphatic hydroxyl groups is 1. The van der Waals surface area contributed by atoms with Crippen LogP contribution >= 0.6 is 0 Å². The lowest BCUT2D eigenvalue weighted by Crippen LogP contribution is -2.19. The van der Waals surface area contributed by atoms with Gasteiger partial charge >= 0.3 is 5.97 Å². The number of nitrogens with two attached hydrogens (primary N) is 1. The maximum Gasteiger partial charge on any atom is 0.327 e. The molecule has 1 aliphatic rings. The molecule has 0 amide bonds. The van der Waals surface area contributed by atoms with Crippen LogP contribution in [0.4, 0.5) is 0 Å². The van der Waals surface area contributed by atoms with Crippen molar-refractivity contribution in [2.75, 3.05) is 0 Å². The zero-order valence-electron chi connectivity index (χ0n) is 5.62. The van der Waals surface area contributed by atoms with E-state index in [1.807, 2.05) is 0 Å². The average Bonchev–Trinajstić information content (AvgIpc) is 2.34. The van der Waals surface area contributed by atoms with Crippen LogP contribution in [0.15, 0.2) is 0 Å². The maximum atomic E-state index is 10.7. The molecule has 0 spiro atoms. The Balaban J connectivity index is 2.37. The number of aliphatic hydroxyl groups excluding tert-OH is 1. The molecule has 2 atom stereocenters. The minimum Gasteiger partial charge on any atom is -0.393 e. The van der Waals surface area contributed by atoms with E-state index < -0.39 is 5.97 Å². The normalized spacial score (nSPS) is 32.2. The molecule has 1 rings (SSSR count). The first kappa shape index (κ1) is 7.50. The fraction of sp³-hybridized carbons (Fsp3) is 0.833. The van der Waals surface area contributed by atoms with E-state index in [1.165, 1.54) is 0 Å². The first-order valence-electron chi connectivity index (χ1n) is 3.32. The van der Waals surface area contributed by atoms with Crippen molar-refractivity contribution in [3.05, 3.63) is 0 Å². The van der Waals surface area contributed by atoms with Crippen LogP contribution in [0.5, 0.6) is 0 Å². The van der Waals surface area contributed by atoms with Crippen molar-refractivity contribution in [2.24, 2.45) is 11.8 Å². The Bertz CT molecular complexity index is 137. The van der Waals surface area contributed by atoms with Crippen LogP contribution in [0.1, 0.15) is 19.3 Å². The minimum atomic E-state index is -0.406. The highest BCUT2D eigenvalue weighted by molar-refractivity contribution is 5.72. The molecule has 2 unspecified atom stereocenters. The Hall–Kier alpha value is -0.610. The van der Waals surface area contributed by atoms with Gasteiger partial charge in [-0.3, -0.25) is 4.79 Å². The third kappa shape index (κ3) is 1.46. The van der Waals surface area contributed by atoms with Gasteiger partial charge in [-0.15, -0.1) is 0 Å². The van der Waals surface area contributed by atoms with Crippen molar-refractivity contribution < 1.29 is 14.7 Å². The predicted molar refractivity (Wildman–Crippen MR) is 33.6 cm³/mol. The first-order valence-corrected chi connectivity index (χ1v) is 3.32. The largest absolute Gasteiger partial charge is 0.393 e. The van der Waals surface area contributed by atoms with Gasteiger partial charge in [0, 0.05) is 0 Å². The fourth-order valence-electron chi connectivity index (χ4n) is 1.27. The molecule has 0 aromatic heterocycles. The second-order valence-electron chi connectivity index (χ2n) is 2.60. The molecule has 3 N–H and O–H groups in total. The standard InChI is InChI=1S/C6H11NO3/c7-10-6(9)4-1-2-5(8)3-4/h4-5,8H,1-3,7H2. The Morgan fingerprint density at radius 2 is 2.30 bits per heavy atom. The summed E-state index contributed by atoms with van der Waals surface area (Å²) in [5.41, 5.74) is 0. The number of rotatable bonds is 1. The van der Waals surface area contributed by atoms with Gasteiger partial charge in [0.2, 0.25) is 0 Å². The van der Waals surface area contributed by atoms with Gasteiger partial charge in [0.05, 0.1) is 12.0 Å². The third-order valence-corrected chi connectivity index (χ3v) is 1.85. The highest BCUT2D eigenvalue weighted by atomic mass is 16.7. The Morgan fingerprint density at radius 1 is 1.60 bits per heavy atom. The van der Waals surface area contributed by atoms with E-state index >= 15 is 0 Å². The smallest absolute Gasteiger partial charge is 0.327 e. The second-order valence-corrected chi connectivity index (χ2v) is 2.60. The van der Waals surface area contributed by atoms with E-state index in [9.17, 15) is 4.79 Å². The van der Waals surface area contributed by atoms with Crippen LogP contribution in [0.2, 0.25) is 0 Å². The van der Waals surface area contributed by atoms with Crippen molar-refractivity contribution in [1.82, 2.24) is 0 Å². The lowest BCUT2D eigenvalue weighted by atomic mass is 10.1. The van der Waals surface area contributed by atoms with Crippen molar-refractivity contribution in [3.8, 4) is 0 Å². The molecule has 10 heavy (non-hydrogen) atoms. The maximum absolute atomic E-state index is 10.7. The van der Waals surface area contributed by atoms with E-state index in [1.54, 1.807) is 0 Å². The summed E-state index contributed by atoms with van der Waals surface area (Å²) in [5.74, 6) is 4.08. The van der Waals surface area contributed by atoms with Crippen LogP contribution in [0.3, 0.4) is 0 Å². The molecule has 4 nitrogen and oxygen atoms in total. The number of hydrogen-bond donors (Lipinski definition) is 2. The summed E-state index contributed by atoms with van der Waals surface area (Å²) < 4.78 is 0. The molecule has 0 heterocycles. The summed E-state index contributed by atoms with van der Waals surface area (Å²) in [6, 6.07) is 0. The Kier molecular flexibility index (Phi) is 2.24. The third-order valence-electron chi connectivity index (χ3n) is 1.85. The molecule has 1 fully saturated rings. The molecule has 0 aromatic carbocycles. The molecule has 0 saturated heterocycles. The summed E-state index contributed by atoms with van der Waals surface area (Å²) in [6.07, 6.45) is 1.52. The number of carbonyl (C=O) groups excluding carboxylic acids is 1. The van der Waals surface area contributed by atoms with Crippen molar-refractivity contribution in [3.63, 3.8) is 0 Å². The lowest BCUT2D eigenvalue weighted by Gasteiger charge is -2.03. The molecular formula is C6H11NO3. The zero-order valence-corrected chi connectivity index (χ0v) is 5.62. The average molecular weight is 145 g/mol. The monoisotopic (exact) mass is 145 g/mol. The molecule has 4 heteroatoms. The van der Waals surface area contributed by atoms with Crippen molar-refractivity contribution in [2.45, 2.75) is 25.4 Å². The lowest BCUT2D eigenvalue weighted by molar-refractivity contribution is -0.149. The Morgan fingerprint density at radius 3 is 2.70 bits per heavy atom. The van der Waals surface area contributed by atoms with Gasteiger partial charge in [0.1, 0.15) is 0 Å². The van der Waals surface area contributed by atoms with Gasteiger partial charge in [0.25, 0.3) is 0 Å². The van der Waals surface area contributed by atoms with E-state index in [-0.39, 0.29) is 12.0 Å². The minimum absolute atomic E-state index is 0.181. The summed E-state index contributed by atoms with van der Waals surface area (Å²) in [5, 5.41) is 9.00. The molecule has 0 aromatic rings. The summed E-state index contributed by atoms with van der Waals surface area (Å²) in [7, 11) is 0. The van der Waals surface area contributed by atoms with Gasteiger partial charge in [-0.1, -0.05) is 0 Å². The van der Waals surface area contributed by atoms with Gasteiger partial charge in [-0.05, 0) is 19.3 Å². The topological polar surface area (TPSA) is 72.5 Å². The molecule has 1 aliphatic carbocycles. The first-order chi connectivity index (χ1) is 4.74. The summed E-state index contributed by atoms with van der Waals surface area (Å²) in [6.45, 7) is 0. The van der Waals surface area contributed by atoms with Gasteiger partial charge in [-0.25, -0.2) is 0 Å². The highest BCUT2D eigenvalue weighted by Gasteiger charge is 2.29. The molecule has 58 valence electrons. The van der Waals surface area contributed by atoms with Crippen LogP contribution in [0.25, 0.3) is 0 Å². The quantitative estimate of drug-likeness (QED) is 0.491. The van der Waals surface area contributed by atoms with Crippen LogP contribution in [-0.4, -0.2) is 17.2 Å². The number of carbonyl (C=O) groups is 1. The van der Waals surface area contributed by atoms with Crippen LogP contribution < -0.4 is 5.90 Å². The molecule has 0 radical (unpaired) electrons. The van der Waals surface area contributed by atoms with E-state index in [4.69, 9.17) is 5.11 Å². The zero-order chi connectivity index (χ0) is 7.56. The fourth-order valence-corrected chi connectivity index (χ4v) is 1.27. The van der Waals surface area contributed by atoms with Gasteiger partial charge < -0.3 is 9.94 Å². The second kappa shape index (κ2) is 2.98. The summed E-state index contributed by atoms with van der Waals surface area (Å²) in [4.78, 5) is 14.7. The molecular weight excluding hydrogens is 134 g/mol. The van der Waals surface area contributed by atoms with Crippen molar-refractivity contribution >= 4 is 5.97 Å². The van der Waals surface area contributed by atoms with E-state index in [2.05, 4.69) is 10.7 Å². The number of hydrogen-bond acceptors (Lipinski definition) is 4. The SMILES string of the molecule is NOC(=O)C1CCC(O)C1. The highest BCUT2D eigenvalue weighted by Crippen LogP contribution is 2.25. The molecule has 0 bridgehead atoms. The van der Waals surface area contributed by atoms with Gasteiger partial charge in [-0.2, -0.15) is 5.90 Å². The van der Waals surface area contributed by atoms with Gasteiger partial charge in [0.15, 0.2) is 0 Å². The molecule has 1 saturated carbocycles.